The van der Waals surface area contributed by atoms with Gasteiger partial charge >= 0.3 is 6.09 Å². The lowest BCUT2D eigenvalue weighted by atomic mass is 10.0. The van der Waals surface area contributed by atoms with Crippen LogP contribution in [0.15, 0.2) is 28.7 Å². The van der Waals surface area contributed by atoms with E-state index in [-0.39, 0.29) is 25.1 Å². The summed E-state index contributed by atoms with van der Waals surface area (Å²) in [5.74, 6) is -0.921. The molecule has 2 aromatic rings. The molecule has 2 amide bonds. The summed E-state index contributed by atoms with van der Waals surface area (Å²) in [5.41, 5.74) is 1.38. The Bertz CT molecular complexity index is 1030. The van der Waals surface area contributed by atoms with Crippen LogP contribution in [0.2, 0.25) is 0 Å². The molecule has 1 saturated heterocycles. The van der Waals surface area contributed by atoms with E-state index in [1.807, 2.05) is 32.0 Å². The molecule has 9 nitrogen and oxygen atoms in total. The van der Waals surface area contributed by atoms with Crippen molar-refractivity contribution in [3.63, 3.8) is 0 Å². The summed E-state index contributed by atoms with van der Waals surface area (Å²) in [5, 5.41) is 9.09. The molecule has 158 valence electrons. The molecule has 1 aromatic heterocycles. The third-order valence-electron chi connectivity index (χ3n) is 5.30. The van der Waals surface area contributed by atoms with Crippen molar-refractivity contribution in [1.29, 1.82) is 0 Å². The van der Waals surface area contributed by atoms with Gasteiger partial charge in [-0.2, -0.15) is 0 Å². The van der Waals surface area contributed by atoms with E-state index in [4.69, 9.17) is 4.42 Å². The normalized spacial score (nSPS) is 19.9. The molecule has 1 aliphatic rings. The Labute approximate surface area is 169 Å². The first-order valence-corrected chi connectivity index (χ1v) is 10.9. The number of amides is 2. The van der Waals surface area contributed by atoms with Crippen molar-refractivity contribution in [2.75, 3.05) is 25.5 Å². The number of fused-ring (bicyclic) bond motifs is 1. The fraction of sp³-hybridized carbons (Fsp3) is 0.474. The van der Waals surface area contributed by atoms with Gasteiger partial charge in [-0.1, -0.05) is 6.92 Å². The lowest BCUT2D eigenvalue weighted by Crippen LogP contribution is -2.51. The second kappa shape index (κ2) is 7.94. The molecule has 2 atom stereocenters. The van der Waals surface area contributed by atoms with Gasteiger partial charge in [0.15, 0.2) is 5.76 Å². The number of piperidine rings is 1. The van der Waals surface area contributed by atoms with Crippen molar-refractivity contribution in [3.05, 3.63) is 30.0 Å². The average molecular weight is 423 g/mol. The van der Waals surface area contributed by atoms with Gasteiger partial charge in [0.1, 0.15) is 5.58 Å². The summed E-state index contributed by atoms with van der Waals surface area (Å²) in [7, 11) is -0.212. The van der Waals surface area contributed by atoms with Gasteiger partial charge in [0.2, 0.25) is 10.0 Å². The number of hydrogen-bond acceptors (Lipinski definition) is 6. The molecule has 10 heteroatoms. The second-order valence-electron chi connectivity index (χ2n) is 7.39. The highest BCUT2D eigenvalue weighted by Crippen LogP contribution is 2.26. The molecule has 0 bridgehead atoms. The van der Waals surface area contributed by atoms with Gasteiger partial charge in [-0.25, -0.2) is 17.9 Å². The van der Waals surface area contributed by atoms with Crippen molar-refractivity contribution < 1.29 is 27.5 Å². The van der Waals surface area contributed by atoms with Crippen LogP contribution < -0.4 is 9.62 Å². The van der Waals surface area contributed by atoms with Gasteiger partial charge in [-0.05, 0) is 37.5 Å². The third-order valence-corrected chi connectivity index (χ3v) is 7.08. The van der Waals surface area contributed by atoms with Gasteiger partial charge in [-0.3, -0.25) is 4.79 Å². The van der Waals surface area contributed by atoms with Crippen molar-refractivity contribution in [3.8, 4) is 0 Å². The zero-order valence-corrected chi connectivity index (χ0v) is 17.4. The van der Waals surface area contributed by atoms with Crippen LogP contribution >= 0.6 is 0 Å². The molecule has 0 saturated carbocycles. The van der Waals surface area contributed by atoms with E-state index in [1.165, 1.54) is 11.0 Å². The highest BCUT2D eigenvalue weighted by Gasteiger charge is 2.38. The first-order valence-electron chi connectivity index (χ1n) is 9.38. The smallest absolute Gasteiger partial charge is 0.407 e. The predicted molar refractivity (Wildman–Crippen MR) is 109 cm³/mol. The van der Waals surface area contributed by atoms with Gasteiger partial charge in [0.25, 0.3) is 5.91 Å². The van der Waals surface area contributed by atoms with Gasteiger partial charge in [0.05, 0.1) is 5.25 Å². The molecular weight excluding hydrogens is 398 g/mol. The first-order chi connectivity index (χ1) is 13.6. The summed E-state index contributed by atoms with van der Waals surface area (Å²) < 4.78 is 33.1. The third kappa shape index (κ3) is 4.31. The number of rotatable bonds is 5. The summed E-state index contributed by atoms with van der Waals surface area (Å²) >= 11 is 0. The Morgan fingerprint density at radius 3 is 2.66 bits per heavy atom. The molecule has 2 unspecified atom stereocenters. The van der Waals surface area contributed by atoms with Crippen molar-refractivity contribution in [1.82, 2.24) is 9.62 Å². The van der Waals surface area contributed by atoms with Crippen LogP contribution in [0.25, 0.3) is 11.0 Å². The molecule has 2 N–H and O–H groups in total. The zero-order chi connectivity index (χ0) is 21.3. The minimum atomic E-state index is -3.97. The summed E-state index contributed by atoms with van der Waals surface area (Å²) in [6.07, 6.45) is -0.268. The molecule has 0 aliphatic carbocycles. The largest absolute Gasteiger partial charge is 0.465 e. The summed E-state index contributed by atoms with van der Waals surface area (Å²) in [6.45, 7) is 1.93. The number of nitrogens with zero attached hydrogens (tertiary/aromatic N) is 2. The highest BCUT2D eigenvalue weighted by molar-refractivity contribution is 7.90. The van der Waals surface area contributed by atoms with Gasteiger partial charge < -0.3 is 19.3 Å². The van der Waals surface area contributed by atoms with Crippen LogP contribution in [-0.4, -0.2) is 62.4 Å². The van der Waals surface area contributed by atoms with E-state index in [0.717, 1.165) is 5.69 Å². The number of carbonyl (C=O) groups excluding carboxylic acids is 1. The minimum absolute atomic E-state index is 0.0884. The van der Waals surface area contributed by atoms with E-state index in [0.29, 0.717) is 17.4 Å². The number of benzene rings is 1. The maximum Gasteiger partial charge on any atom is 0.407 e. The van der Waals surface area contributed by atoms with E-state index in [2.05, 4.69) is 4.72 Å². The van der Waals surface area contributed by atoms with E-state index in [1.54, 1.807) is 12.1 Å². The number of carboxylic acid groups (broad SMARTS) is 1. The Morgan fingerprint density at radius 1 is 1.31 bits per heavy atom. The molecule has 0 radical (unpaired) electrons. The maximum atomic E-state index is 12.7. The molecule has 3 rings (SSSR count). The maximum absolute atomic E-state index is 12.7. The van der Waals surface area contributed by atoms with Crippen molar-refractivity contribution in [2.45, 2.75) is 37.5 Å². The monoisotopic (exact) mass is 423 g/mol. The molecule has 29 heavy (non-hydrogen) atoms. The number of sulfonamides is 1. The number of furan rings is 1. The van der Waals surface area contributed by atoms with Gasteiger partial charge in [-0.15, -0.1) is 0 Å². The molecule has 0 spiro atoms. The number of carbonyl (C=O) groups is 2. The quantitative estimate of drug-likeness (QED) is 0.758. The van der Waals surface area contributed by atoms with E-state index >= 15 is 0 Å². The highest BCUT2D eigenvalue weighted by atomic mass is 32.2. The van der Waals surface area contributed by atoms with E-state index in [9.17, 15) is 23.1 Å². The van der Waals surface area contributed by atoms with Crippen LogP contribution in [-0.2, 0) is 10.0 Å². The van der Waals surface area contributed by atoms with Crippen LogP contribution in [0.3, 0.4) is 0 Å². The topological polar surface area (TPSA) is 120 Å². The second-order valence-corrected chi connectivity index (χ2v) is 9.35. The first kappa shape index (κ1) is 21.0. The van der Waals surface area contributed by atoms with Crippen molar-refractivity contribution >= 4 is 38.7 Å². The Kier molecular flexibility index (Phi) is 5.74. The predicted octanol–water partition coefficient (Wildman–Crippen LogP) is 2.48. The lowest BCUT2D eigenvalue weighted by Gasteiger charge is -2.36. The van der Waals surface area contributed by atoms with E-state index < -0.39 is 33.3 Å². The Balaban J connectivity index is 1.75. The summed E-state index contributed by atoms with van der Waals surface area (Å²) in [4.78, 5) is 26.9. The molecule has 1 fully saturated rings. The van der Waals surface area contributed by atoms with Crippen LogP contribution in [0.1, 0.15) is 36.7 Å². The van der Waals surface area contributed by atoms with Gasteiger partial charge in [0, 0.05) is 43.8 Å². The number of anilines is 1. The zero-order valence-electron chi connectivity index (χ0n) is 16.6. The molecule has 1 aromatic carbocycles. The molecular formula is C19H25N3O6S. The fourth-order valence-electron chi connectivity index (χ4n) is 3.61. The minimum Gasteiger partial charge on any atom is -0.465 e. The van der Waals surface area contributed by atoms with Crippen LogP contribution in [0, 0.1) is 0 Å². The Hall–Kier alpha value is -2.75. The standard InChI is InChI=1S/C19H25N3O6S/c1-4-13-10-15(7-8-22(13)19(24)25)29(26,27)20-18(23)17-9-12-5-6-14(21(2)3)11-16(12)28-17/h5-6,9,11,13,15H,4,7-8,10H2,1-3H3,(H,20,23)(H,24,25). The van der Waals surface area contributed by atoms with Crippen LogP contribution in [0.4, 0.5) is 10.5 Å². The fourth-order valence-corrected chi connectivity index (χ4v) is 5.02. The summed E-state index contributed by atoms with van der Waals surface area (Å²) in [6, 6.07) is 6.55. The van der Waals surface area contributed by atoms with Crippen molar-refractivity contribution in [2.24, 2.45) is 0 Å². The Morgan fingerprint density at radius 2 is 2.03 bits per heavy atom. The average Bonchev–Trinajstić information content (AvgIpc) is 3.10. The number of hydrogen-bond donors (Lipinski definition) is 2. The number of likely N-dealkylation sites (tertiary alicyclic amines) is 1. The molecule has 2 heterocycles. The SMILES string of the molecule is CCC1CC(S(=O)(=O)NC(=O)c2cc3ccc(N(C)C)cc3o2)CCN1C(=O)O. The molecule has 1 aliphatic heterocycles. The lowest BCUT2D eigenvalue weighted by molar-refractivity contribution is 0.0948. The number of nitrogens with one attached hydrogen (secondary N) is 1. The van der Waals surface area contributed by atoms with Crippen LogP contribution in [0.5, 0.6) is 0 Å².